The van der Waals surface area contributed by atoms with Crippen molar-refractivity contribution in [2.75, 3.05) is 20.2 Å². The fourth-order valence-electron chi connectivity index (χ4n) is 3.23. The van der Waals surface area contributed by atoms with Crippen LogP contribution in [0.15, 0.2) is 18.2 Å². The molecule has 3 heteroatoms. The van der Waals surface area contributed by atoms with Crippen molar-refractivity contribution < 1.29 is 9.84 Å². The summed E-state index contributed by atoms with van der Waals surface area (Å²) < 4.78 is 5.08. The summed E-state index contributed by atoms with van der Waals surface area (Å²) in [5.74, 6) is 0.779. The van der Waals surface area contributed by atoms with Gasteiger partial charge < -0.3 is 9.84 Å². The highest BCUT2D eigenvalue weighted by Crippen LogP contribution is 2.38. The summed E-state index contributed by atoms with van der Waals surface area (Å²) in [7, 11) is 1.58. The molecule has 0 radical (unpaired) electrons. The largest absolute Gasteiger partial charge is 0.504 e. The number of ether oxygens (including phenoxy) is 1. The van der Waals surface area contributed by atoms with Crippen LogP contribution >= 0.6 is 0 Å². The number of benzene rings is 1. The molecule has 0 spiro atoms. The zero-order valence-electron chi connectivity index (χ0n) is 13.0. The fraction of sp³-hybridized carbons (Fsp3) is 0.647. The van der Waals surface area contributed by atoms with E-state index in [9.17, 15) is 5.11 Å². The van der Waals surface area contributed by atoms with Crippen molar-refractivity contribution in [1.82, 2.24) is 4.90 Å². The van der Waals surface area contributed by atoms with Crippen LogP contribution in [0.2, 0.25) is 0 Å². The number of nitrogens with zero attached hydrogens (tertiary/aromatic N) is 1. The van der Waals surface area contributed by atoms with Gasteiger partial charge >= 0.3 is 0 Å². The van der Waals surface area contributed by atoms with Gasteiger partial charge in [0.2, 0.25) is 0 Å². The van der Waals surface area contributed by atoms with Gasteiger partial charge in [-0.05, 0) is 49.0 Å². The molecule has 0 amide bonds. The van der Waals surface area contributed by atoms with Crippen molar-refractivity contribution in [3.05, 3.63) is 23.8 Å². The summed E-state index contributed by atoms with van der Waals surface area (Å²) in [5, 5.41) is 9.84. The number of piperidine rings is 1. The van der Waals surface area contributed by atoms with Crippen LogP contribution in [0.4, 0.5) is 0 Å². The first kappa shape index (κ1) is 15.2. The lowest BCUT2D eigenvalue weighted by atomic mass is 9.74. The zero-order chi connectivity index (χ0) is 14.6. The second kappa shape index (κ2) is 6.49. The molecule has 1 N–H and O–H groups in total. The van der Waals surface area contributed by atoms with Crippen LogP contribution in [-0.4, -0.2) is 30.2 Å². The van der Waals surface area contributed by atoms with Crippen molar-refractivity contribution >= 4 is 0 Å². The van der Waals surface area contributed by atoms with Gasteiger partial charge in [-0.2, -0.15) is 0 Å². The van der Waals surface area contributed by atoms with Gasteiger partial charge in [0, 0.05) is 6.54 Å². The molecule has 0 unspecified atom stereocenters. The van der Waals surface area contributed by atoms with Gasteiger partial charge in [0.1, 0.15) is 0 Å². The van der Waals surface area contributed by atoms with Gasteiger partial charge in [-0.1, -0.05) is 32.8 Å². The zero-order valence-corrected chi connectivity index (χ0v) is 13.0. The number of phenolic OH excluding ortho intramolecular Hbond substituents is 1. The Hall–Kier alpha value is -1.22. The molecule has 1 heterocycles. The fourth-order valence-corrected chi connectivity index (χ4v) is 3.23. The van der Waals surface area contributed by atoms with Crippen LogP contribution in [0.25, 0.3) is 0 Å². The Morgan fingerprint density at radius 2 is 1.85 bits per heavy atom. The number of aromatic hydroxyl groups is 1. The molecule has 0 atom stereocenters. The van der Waals surface area contributed by atoms with Gasteiger partial charge in [0.15, 0.2) is 11.5 Å². The number of hydrogen-bond acceptors (Lipinski definition) is 3. The molecule has 1 fully saturated rings. The summed E-state index contributed by atoms with van der Waals surface area (Å²) in [6.07, 6.45) is 5.17. The molecule has 0 bridgehead atoms. The van der Waals surface area contributed by atoms with Gasteiger partial charge in [0.25, 0.3) is 0 Å². The molecule has 1 aromatic rings. The second-order valence-electron chi connectivity index (χ2n) is 5.99. The van der Waals surface area contributed by atoms with Crippen LogP contribution in [0.3, 0.4) is 0 Å². The third-order valence-electron chi connectivity index (χ3n) is 5.07. The van der Waals surface area contributed by atoms with E-state index >= 15 is 0 Å². The molecular weight excluding hydrogens is 250 g/mol. The first-order valence-corrected chi connectivity index (χ1v) is 7.70. The molecule has 0 aromatic heterocycles. The quantitative estimate of drug-likeness (QED) is 0.888. The Bertz CT molecular complexity index is 431. The molecule has 1 saturated heterocycles. The highest BCUT2D eigenvalue weighted by atomic mass is 16.5. The molecular formula is C17H27NO2. The summed E-state index contributed by atoms with van der Waals surface area (Å²) in [6, 6.07) is 5.71. The molecule has 0 saturated carbocycles. The normalized spacial score (nSPS) is 18.9. The molecule has 112 valence electrons. The Labute approximate surface area is 122 Å². The smallest absolute Gasteiger partial charge is 0.160 e. The van der Waals surface area contributed by atoms with E-state index in [4.69, 9.17) is 4.74 Å². The minimum absolute atomic E-state index is 0.235. The van der Waals surface area contributed by atoms with E-state index in [2.05, 4.69) is 18.7 Å². The third-order valence-corrected chi connectivity index (χ3v) is 5.07. The van der Waals surface area contributed by atoms with Crippen molar-refractivity contribution in [2.45, 2.75) is 46.1 Å². The predicted molar refractivity (Wildman–Crippen MR) is 82.2 cm³/mol. The van der Waals surface area contributed by atoms with Crippen molar-refractivity contribution in [3.63, 3.8) is 0 Å². The van der Waals surface area contributed by atoms with Gasteiger partial charge in [-0.25, -0.2) is 0 Å². The molecule has 1 aliphatic rings. The van der Waals surface area contributed by atoms with E-state index in [1.165, 1.54) is 25.7 Å². The molecule has 1 aromatic carbocycles. The van der Waals surface area contributed by atoms with E-state index < -0.39 is 0 Å². The summed E-state index contributed by atoms with van der Waals surface area (Å²) >= 11 is 0. The maximum atomic E-state index is 9.84. The molecule has 2 rings (SSSR count). The first-order chi connectivity index (χ1) is 9.62. The predicted octanol–water partition coefficient (Wildman–Crippen LogP) is 3.80. The van der Waals surface area contributed by atoms with Crippen LogP contribution in [-0.2, 0) is 6.54 Å². The minimum atomic E-state index is 0.235. The van der Waals surface area contributed by atoms with Crippen LogP contribution < -0.4 is 4.74 Å². The number of hydrogen-bond donors (Lipinski definition) is 1. The molecule has 3 nitrogen and oxygen atoms in total. The van der Waals surface area contributed by atoms with E-state index in [1.54, 1.807) is 7.11 Å². The number of phenols is 1. The number of likely N-dealkylation sites (tertiary alicyclic amines) is 1. The van der Waals surface area contributed by atoms with Gasteiger partial charge in [-0.15, -0.1) is 0 Å². The lowest BCUT2D eigenvalue weighted by molar-refractivity contribution is 0.0908. The van der Waals surface area contributed by atoms with E-state index in [-0.39, 0.29) is 5.75 Å². The summed E-state index contributed by atoms with van der Waals surface area (Å²) in [4.78, 5) is 2.49. The summed E-state index contributed by atoms with van der Waals surface area (Å²) in [5.41, 5.74) is 1.72. The van der Waals surface area contributed by atoms with Gasteiger partial charge in [0.05, 0.1) is 7.11 Å². The lowest BCUT2D eigenvalue weighted by Crippen LogP contribution is -2.39. The first-order valence-electron chi connectivity index (χ1n) is 7.70. The molecule has 20 heavy (non-hydrogen) atoms. The second-order valence-corrected chi connectivity index (χ2v) is 5.99. The number of rotatable bonds is 5. The maximum Gasteiger partial charge on any atom is 0.160 e. The Kier molecular flexibility index (Phi) is 4.92. The highest BCUT2D eigenvalue weighted by Gasteiger charge is 2.30. The number of methoxy groups -OCH3 is 1. The SMILES string of the molecule is CCC1(CC)CCN(Cc2ccc(OC)c(O)c2)CC1. The Morgan fingerprint density at radius 1 is 1.20 bits per heavy atom. The van der Waals surface area contributed by atoms with Crippen LogP contribution in [0.5, 0.6) is 11.5 Å². The van der Waals surface area contributed by atoms with Crippen molar-refractivity contribution in [1.29, 1.82) is 0 Å². The van der Waals surface area contributed by atoms with Gasteiger partial charge in [-0.3, -0.25) is 4.90 Å². The Balaban J connectivity index is 1.94. The van der Waals surface area contributed by atoms with E-state index in [1.807, 2.05) is 18.2 Å². The average Bonchev–Trinajstić information content (AvgIpc) is 2.49. The van der Waals surface area contributed by atoms with Crippen molar-refractivity contribution in [3.8, 4) is 11.5 Å². The van der Waals surface area contributed by atoms with E-state index in [0.29, 0.717) is 11.2 Å². The monoisotopic (exact) mass is 277 g/mol. The lowest BCUT2D eigenvalue weighted by Gasteiger charge is -2.41. The topological polar surface area (TPSA) is 32.7 Å². The van der Waals surface area contributed by atoms with Crippen LogP contribution in [0, 0.1) is 5.41 Å². The molecule has 0 aliphatic carbocycles. The average molecular weight is 277 g/mol. The Morgan fingerprint density at radius 3 is 2.35 bits per heavy atom. The third kappa shape index (κ3) is 3.26. The van der Waals surface area contributed by atoms with Crippen LogP contribution in [0.1, 0.15) is 45.1 Å². The highest BCUT2D eigenvalue weighted by molar-refractivity contribution is 5.41. The minimum Gasteiger partial charge on any atom is -0.504 e. The molecule has 1 aliphatic heterocycles. The standard InChI is InChI=1S/C17H27NO2/c1-4-17(5-2)8-10-18(11-9-17)13-14-6-7-16(20-3)15(19)12-14/h6-7,12,19H,4-5,8-11,13H2,1-3H3. The maximum absolute atomic E-state index is 9.84. The van der Waals surface area contributed by atoms with E-state index in [0.717, 1.165) is 25.2 Å². The van der Waals surface area contributed by atoms with Crippen molar-refractivity contribution in [2.24, 2.45) is 5.41 Å². The summed E-state index contributed by atoms with van der Waals surface area (Å²) in [6.45, 7) is 7.88.